The Kier molecular flexibility index (Phi) is 2.63. The molecule has 0 spiro atoms. The van der Waals surface area contributed by atoms with Crippen LogP contribution < -0.4 is 0 Å². The first kappa shape index (κ1) is 13.1. The largest absolute Gasteiger partial charge is 0.508 e. The van der Waals surface area contributed by atoms with Crippen LogP contribution in [0.3, 0.4) is 0 Å². The molecule has 0 radical (unpaired) electrons. The van der Waals surface area contributed by atoms with Crippen molar-refractivity contribution < 1.29 is 15.3 Å². The fraction of sp³-hybridized carbons (Fsp3) is 0.444. The second kappa shape index (κ2) is 4.21. The Morgan fingerprint density at radius 1 is 1.14 bits per heavy atom. The van der Waals surface area contributed by atoms with E-state index in [0.717, 1.165) is 18.2 Å². The van der Waals surface area contributed by atoms with E-state index < -0.39 is 12.2 Å². The summed E-state index contributed by atoms with van der Waals surface area (Å²) in [5.74, 6) is 0.499. The van der Waals surface area contributed by atoms with Crippen LogP contribution >= 0.6 is 0 Å². The molecule has 0 saturated heterocycles. The molecular formula is C18H20O3. The summed E-state index contributed by atoms with van der Waals surface area (Å²) >= 11 is 0. The SMILES string of the molecule is C[C@]12CCc3c(ccc4cc(O)ccc34)C1C[C@@H](O)C2O. The van der Waals surface area contributed by atoms with Gasteiger partial charge in [-0.1, -0.05) is 25.1 Å². The van der Waals surface area contributed by atoms with Crippen molar-refractivity contribution in [1.29, 1.82) is 0 Å². The number of rotatable bonds is 0. The maximum absolute atomic E-state index is 10.3. The van der Waals surface area contributed by atoms with Gasteiger partial charge in [0.25, 0.3) is 0 Å². The average Bonchev–Trinajstić information content (AvgIpc) is 2.70. The van der Waals surface area contributed by atoms with E-state index in [-0.39, 0.29) is 17.1 Å². The van der Waals surface area contributed by atoms with Gasteiger partial charge in [-0.15, -0.1) is 0 Å². The van der Waals surface area contributed by atoms with Crippen LogP contribution in [0.1, 0.15) is 36.8 Å². The Balaban J connectivity index is 1.91. The molecule has 1 saturated carbocycles. The summed E-state index contributed by atoms with van der Waals surface area (Å²) in [6.45, 7) is 2.10. The Bertz CT molecular complexity index is 724. The number of aromatic hydroxyl groups is 1. The van der Waals surface area contributed by atoms with Gasteiger partial charge < -0.3 is 15.3 Å². The Morgan fingerprint density at radius 3 is 2.76 bits per heavy atom. The molecule has 1 fully saturated rings. The highest BCUT2D eigenvalue weighted by Gasteiger charge is 2.53. The number of hydrogen-bond donors (Lipinski definition) is 3. The minimum absolute atomic E-state index is 0.212. The smallest absolute Gasteiger partial charge is 0.116 e. The summed E-state index contributed by atoms with van der Waals surface area (Å²) in [7, 11) is 0. The zero-order chi connectivity index (χ0) is 14.8. The minimum Gasteiger partial charge on any atom is -0.508 e. The summed E-state index contributed by atoms with van der Waals surface area (Å²) in [6, 6.07) is 9.66. The lowest BCUT2D eigenvalue weighted by atomic mass is 9.65. The van der Waals surface area contributed by atoms with E-state index in [0.29, 0.717) is 6.42 Å². The Morgan fingerprint density at radius 2 is 1.95 bits per heavy atom. The highest BCUT2D eigenvalue weighted by Crippen LogP contribution is 2.56. The monoisotopic (exact) mass is 284 g/mol. The number of fused-ring (bicyclic) bond motifs is 5. The quantitative estimate of drug-likeness (QED) is 0.697. The van der Waals surface area contributed by atoms with Crippen LogP contribution in [0.15, 0.2) is 30.3 Å². The molecule has 3 nitrogen and oxygen atoms in total. The molecule has 2 aromatic rings. The van der Waals surface area contributed by atoms with Gasteiger partial charge in [0.05, 0.1) is 12.2 Å². The number of phenolic OH excluding ortho intramolecular Hbond substituents is 1. The molecule has 2 aliphatic rings. The minimum atomic E-state index is -0.633. The second-order valence-corrected chi connectivity index (χ2v) is 6.85. The molecule has 0 aromatic heterocycles. The average molecular weight is 284 g/mol. The van der Waals surface area contributed by atoms with Gasteiger partial charge in [-0.25, -0.2) is 0 Å². The van der Waals surface area contributed by atoms with Crippen LogP contribution in [0.5, 0.6) is 5.75 Å². The normalized spacial score (nSPS) is 34.7. The van der Waals surface area contributed by atoms with E-state index in [4.69, 9.17) is 0 Å². The lowest BCUT2D eigenvalue weighted by Crippen LogP contribution is -2.38. The van der Waals surface area contributed by atoms with Crippen LogP contribution in [0.25, 0.3) is 10.8 Å². The van der Waals surface area contributed by atoms with Crippen molar-refractivity contribution in [2.24, 2.45) is 5.41 Å². The van der Waals surface area contributed by atoms with Gasteiger partial charge >= 0.3 is 0 Å². The summed E-state index contributed by atoms with van der Waals surface area (Å²) in [5, 5.41) is 32.3. The van der Waals surface area contributed by atoms with Gasteiger partial charge in [0.1, 0.15) is 5.75 Å². The molecule has 0 amide bonds. The van der Waals surface area contributed by atoms with Crippen molar-refractivity contribution in [2.45, 2.75) is 44.3 Å². The highest BCUT2D eigenvalue weighted by molar-refractivity contribution is 5.88. The van der Waals surface area contributed by atoms with Gasteiger partial charge in [0, 0.05) is 5.41 Å². The van der Waals surface area contributed by atoms with Crippen molar-refractivity contribution in [1.82, 2.24) is 0 Å². The van der Waals surface area contributed by atoms with E-state index in [1.807, 2.05) is 12.1 Å². The first-order valence-electron chi connectivity index (χ1n) is 7.61. The molecule has 0 bridgehead atoms. The molecular weight excluding hydrogens is 264 g/mol. The van der Waals surface area contributed by atoms with Crippen molar-refractivity contribution in [3.63, 3.8) is 0 Å². The number of aliphatic hydroxyl groups excluding tert-OH is 2. The van der Waals surface area contributed by atoms with Crippen LogP contribution in [0.4, 0.5) is 0 Å². The van der Waals surface area contributed by atoms with Gasteiger partial charge in [0.2, 0.25) is 0 Å². The van der Waals surface area contributed by atoms with Crippen LogP contribution in [0, 0.1) is 5.41 Å². The van der Waals surface area contributed by atoms with Crippen LogP contribution in [-0.2, 0) is 6.42 Å². The number of aliphatic hydroxyl groups is 2. The predicted molar refractivity (Wildman–Crippen MR) is 81.4 cm³/mol. The first-order chi connectivity index (χ1) is 10.0. The van der Waals surface area contributed by atoms with Gasteiger partial charge in [-0.2, -0.15) is 0 Å². The van der Waals surface area contributed by atoms with Crippen LogP contribution in [-0.4, -0.2) is 27.5 Å². The fourth-order valence-electron chi connectivity index (χ4n) is 4.49. The maximum atomic E-state index is 10.3. The molecule has 0 heterocycles. The lowest BCUT2D eigenvalue weighted by molar-refractivity contribution is -0.0216. The van der Waals surface area contributed by atoms with Gasteiger partial charge in [-0.3, -0.25) is 0 Å². The van der Waals surface area contributed by atoms with E-state index >= 15 is 0 Å². The van der Waals surface area contributed by atoms with Crippen molar-refractivity contribution >= 4 is 10.8 Å². The van der Waals surface area contributed by atoms with Crippen molar-refractivity contribution in [2.75, 3.05) is 0 Å². The molecule has 3 heteroatoms. The van der Waals surface area contributed by atoms with Crippen molar-refractivity contribution in [3.8, 4) is 5.75 Å². The molecule has 2 aliphatic carbocycles. The molecule has 2 aromatic carbocycles. The number of hydrogen-bond acceptors (Lipinski definition) is 3. The third-order valence-corrected chi connectivity index (χ3v) is 5.75. The third kappa shape index (κ3) is 1.68. The van der Waals surface area contributed by atoms with Gasteiger partial charge in [0.15, 0.2) is 0 Å². The molecule has 4 atom stereocenters. The predicted octanol–water partition coefficient (Wildman–Crippen LogP) is 2.71. The first-order valence-corrected chi connectivity index (χ1v) is 7.61. The van der Waals surface area contributed by atoms with Crippen LogP contribution in [0.2, 0.25) is 0 Å². The highest BCUT2D eigenvalue weighted by atomic mass is 16.3. The van der Waals surface area contributed by atoms with Crippen molar-refractivity contribution in [3.05, 3.63) is 41.5 Å². The zero-order valence-corrected chi connectivity index (χ0v) is 12.1. The zero-order valence-electron chi connectivity index (χ0n) is 12.1. The van der Waals surface area contributed by atoms with Gasteiger partial charge in [-0.05, 0) is 59.2 Å². The number of aryl methyl sites for hydroxylation is 1. The standard InChI is InChI=1S/C18H20O3/c1-18-7-6-13-12-5-3-11(19)8-10(12)2-4-14(13)15(18)9-16(20)17(18)21/h2-5,8,15-17,19-21H,6-7,9H2,1H3/t15?,16-,17?,18+/m1/s1. The van der Waals surface area contributed by atoms with E-state index in [9.17, 15) is 15.3 Å². The van der Waals surface area contributed by atoms with E-state index in [2.05, 4.69) is 13.0 Å². The molecule has 2 unspecified atom stereocenters. The van der Waals surface area contributed by atoms with E-state index in [1.165, 1.54) is 16.5 Å². The molecule has 3 N–H and O–H groups in total. The summed E-state index contributed by atoms with van der Waals surface area (Å²) in [4.78, 5) is 0. The topological polar surface area (TPSA) is 60.7 Å². The maximum Gasteiger partial charge on any atom is 0.116 e. The second-order valence-electron chi connectivity index (χ2n) is 6.85. The summed E-state index contributed by atoms with van der Waals surface area (Å²) in [6.07, 6.45) is 1.18. The Labute approximate surface area is 123 Å². The molecule has 110 valence electrons. The molecule has 0 aliphatic heterocycles. The molecule has 4 rings (SSSR count). The van der Waals surface area contributed by atoms with E-state index in [1.54, 1.807) is 12.1 Å². The molecule has 21 heavy (non-hydrogen) atoms. The summed E-state index contributed by atoms with van der Waals surface area (Å²) < 4.78 is 0. The third-order valence-electron chi connectivity index (χ3n) is 5.75. The lowest BCUT2D eigenvalue weighted by Gasteiger charge is -2.40. The Hall–Kier alpha value is -1.58. The summed E-state index contributed by atoms with van der Waals surface area (Å²) in [5.41, 5.74) is 2.35. The number of benzene rings is 2. The number of phenols is 1. The fourth-order valence-corrected chi connectivity index (χ4v) is 4.49.